The van der Waals surface area contributed by atoms with Gasteiger partial charge in [-0.2, -0.15) is 0 Å². The number of esters is 1. The van der Waals surface area contributed by atoms with Crippen molar-refractivity contribution in [1.82, 2.24) is 5.32 Å². The Morgan fingerprint density at radius 1 is 0.537 bits per heavy atom. The van der Waals surface area contributed by atoms with E-state index >= 15 is 0 Å². The molecule has 314 valence electrons. The minimum atomic E-state index is -1.01. The monoisotopic (exact) mass is 759 g/mol. The second kappa shape index (κ2) is 41.7. The Kier molecular flexibility index (Phi) is 39.9. The molecule has 0 bridgehead atoms. The van der Waals surface area contributed by atoms with Gasteiger partial charge in [-0.05, 0) is 109 Å². The molecule has 0 aliphatic rings. The average molecular weight is 759 g/mol. The Bertz CT molecular complexity index is 946. The Hall–Kier alpha value is -2.41. The number of aliphatic carboxylic acids is 1. The second-order valence-electron chi connectivity index (χ2n) is 15.5. The van der Waals surface area contributed by atoms with Crippen molar-refractivity contribution in [2.45, 2.75) is 238 Å². The van der Waals surface area contributed by atoms with Crippen LogP contribution in [0, 0.1) is 0 Å². The first-order valence-electron chi connectivity index (χ1n) is 22.8. The predicted molar refractivity (Wildman–Crippen MR) is 230 cm³/mol. The number of allylic oxidation sites excluding steroid dienone is 6. The van der Waals surface area contributed by atoms with Crippen LogP contribution in [-0.2, 0) is 19.1 Å². The summed E-state index contributed by atoms with van der Waals surface area (Å²) in [5.74, 6) is -1.25. The van der Waals surface area contributed by atoms with E-state index in [-0.39, 0.29) is 18.0 Å². The van der Waals surface area contributed by atoms with Crippen LogP contribution in [0.5, 0.6) is 0 Å². The third-order valence-corrected chi connectivity index (χ3v) is 10.2. The lowest BCUT2D eigenvalue weighted by atomic mass is 10.0. The number of hydrogen-bond donors (Lipinski definition) is 3. The quantitative estimate of drug-likeness (QED) is 0.0324. The van der Waals surface area contributed by atoms with E-state index in [1.165, 1.54) is 96.3 Å². The van der Waals surface area contributed by atoms with E-state index in [0.717, 1.165) is 89.9 Å². The number of carbonyl (C=O) groups excluding carboxylic acids is 2. The van der Waals surface area contributed by atoms with Gasteiger partial charge in [0.2, 0.25) is 5.91 Å². The number of nitrogens with one attached hydrogen (secondary N) is 1. The van der Waals surface area contributed by atoms with E-state index in [0.29, 0.717) is 32.2 Å². The van der Waals surface area contributed by atoms with E-state index in [9.17, 15) is 19.5 Å². The molecule has 1 amide bonds. The van der Waals surface area contributed by atoms with E-state index in [1.807, 2.05) is 0 Å². The first kappa shape index (κ1) is 51.6. The number of hydrogen-bond acceptors (Lipinski definition) is 5. The predicted octanol–water partition coefficient (Wildman–Crippen LogP) is 13.0. The van der Waals surface area contributed by atoms with Gasteiger partial charge in [0.15, 0.2) is 0 Å². The Labute approximate surface area is 333 Å². The van der Waals surface area contributed by atoms with E-state index in [1.54, 1.807) is 0 Å². The standard InChI is InChI=1S/C47H86N2O5/c1-3-5-7-9-11-13-15-17-18-20-21-23-25-28-32-37-43(38-33-29-27-30-34-40-45(50)49-44(47(52)53)39-36-42-48)54-46(51)41-35-31-26-24-22-19-16-14-12-10-8-6-4-2/h8,10,14,16,20-21,43-44H,3-7,9,11-13,15,17-19,22-42,48H2,1-2H3,(H,49,50)(H,52,53)/b10-8-,16-14-,21-20-. The number of nitrogens with two attached hydrogens (primary N) is 1. The summed E-state index contributed by atoms with van der Waals surface area (Å²) in [6.07, 6.45) is 49.0. The highest BCUT2D eigenvalue weighted by Gasteiger charge is 2.19. The van der Waals surface area contributed by atoms with Gasteiger partial charge in [-0.15, -0.1) is 0 Å². The van der Waals surface area contributed by atoms with Crippen molar-refractivity contribution in [3.63, 3.8) is 0 Å². The molecule has 0 aromatic rings. The summed E-state index contributed by atoms with van der Waals surface area (Å²) in [7, 11) is 0. The minimum Gasteiger partial charge on any atom is -0.480 e. The smallest absolute Gasteiger partial charge is 0.326 e. The molecule has 4 N–H and O–H groups in total. The normalized spacial score (nSPS) is 12.9. The Balaban J connectivity index is 4.38. The lowest BCUT2D eigenvalue weighted by Crippen LogP contribution is -2.40. The number of amides is 1. The van der Waals surface area contributed by atoms with Gasteiger partial charge >= 0.3 is 11.9 Å². The fourth-order valence-electron chi connectivity index (χ4n) is 6.72. The average Bonchev–Trinajstić information content (AvgIpc) is 3.16. The van der Waals surface area contributed by atoms with Crippen LogP contribution in [-0.4, -0.2) is 41.6 Å². The third kappa shape index (κ3) is 37.9. The maximum absolute atomic E-state index is 12.8. The van der Waals surface area contributed by atoms with Crippen molar-refractivity contribution in [3.8, 4) is 0 Å². The summed E-state index contributed by atoms with van der Waals surface area (Å²) < 4.78 is 6.04. The highest BCUT2D eigenvalue weighted by Crippen LogP contribution is 2.18. The number of carboxylic acids is 1. The van der Waals surface area contributed by atoms with Crippen LogP contribution in [0.1, 0.15) is 226 Å². The molecular weight excluding hydrogens is 673 g/mol. The molecule has 0 radical (unpaired) electrons. The van der Waals surface area contributed by atoms with Crippen molar-refractivity contribution in [1.29, 1.82) is 0 Å². The van der Waals surface area contributed by atoms with Crippen LogP contribution >= 0.6 is 0 Å². The molecule has 0 aliphatic heterocycles. The van der Waals surface area contributed by atoms with Gasteiger partial charge in [0.05, 0.1) is 0 Å². The van der Waals surface area contributed by atoms with Gasteiger partial charge in [0.25, 0.3) is 0 Å². The molecule has 0 aromatic heterocycles. The molecule has 0 heterocycles. The zero-order valence-electron chi connectivity index (χ0n) is 35.3. The van der Waals surface area contributed by atoms with Gasteiger partial charge in [0, 0.05) is 12.8 Å². The van der Waals surface area contributed by atoms with Gasteiger partial charge < -0.3 is 20.9 Å². The molecular formula is C47H86N2O5. The number of unbranched alkanes of at least 4 members (excludes halogenated alkanes) is 21. The molecule has 0 rings (SSSR count). The minimum absolute atomic E-state index is 0.00845. The molecule has 54 heavy (non-hydrogen) atoms. The zero-order chi connectivity index (χ0) is 39.6. The fraction of sp³-hybridized carbons (Fsp3) is 0.809. The van der Waals surface area contributed by atoms with E-state index < -0.39 is 12.0 Å². The van der Waals surface area contributed by atoms with Crippen molar-refractivity contribution >= 4 is 17.8 Å². The summed E-state index contributed by atoms with van der Waals surface area (Å²) in [6.45, 7) is 4.89. The van der Waals surface area contributed by atoms with Crippen LogP contribution in [0.15, 0.2) is 36.5 Å². The summed E-state index contributed by atoms with van der Waals surface area (Å²) in [6, 6.07) is -0.859. The summed E-state index contributed by atoms with van der Waals surface area (Å²) in [5, 5.41) is 11.9. The molecule has 7 heteroatoms. The maximum Gasteiger partial charge on any atom is 0.326 e. The lowest BCUT2D eigenvalue weighted by molar-refractivity contribution is -0.150. The number of carbonyl (C=O) groups is 3. The molecule has 0 saturated carbocycles. The molecule has 0 spiro atoms. The van der Waals surface area contributed by atoms with Crippen molar-refractivity contribution in [2.75, 3.05) is 6.54 Å². The molecule has 0 saturated heterocycles. The third-order valence-electron chi connectivity index (χ3n) is 10.2. The van der Waals surface area contributed by atoms with Crippen molar-refractivity contribution in [3.05, 3.63) is 36.5 Å². The van der Waals surface area contributed by atoms with Crippen LogP contribution in [0.25, 0.3) is 0 Å². The van der Waals surface area contributed by atoms with Crippen molar-refractivity contribution in [2.24, 2.45) is 5.73 Å². The first-order chi connectivity index (χ1) is 26.4. The number of rotatable bonds is 41. The van der Waals surface area contributed by atoms with Gasteiger partial charge in [-0.25, -0.2) is 4.79 Å². The highest BCUT2D eigenvalue weighted by atomic mass is 16.5. The van der Waals surface area contributed by atoms with Crippen molar-refractivity contribution < 1.29 is 24.2 Å². The number of carboxylic acid groups (broad SMARTS) is 1. The van der Waals surface area contributed by atoms with E-state index in [2.05, 4.69) is 55.6 Å². The van der Waals surface area contributed by atoms with E-state index in [4.69, 9.17) is 10.5 Å². The Morgan fingerprint density at radius 2 is 1.00 bits per heavy atom. The second-order valence-corrected chi connectivity index (χ2v) is 15.5. The largest absolute Gasteiger partial charge is 0.480 e. The molecule has 0 fully saturated rings. The highest BCUT2D eigenvalue weighted by molar-refractivity contribution is 5.83. The Morgan fingerprint density at radius 3 is 1.54 bits per heavy atom. The molecule has 7 nitrogen and oxygen atoms in total. The zero-order valence-corrected chi connectivity index (χ0v) is 35.3. The fourth-order valence-corrected chi connectivity index (χ4v) is 6.72. The summed E-state index contributed by atoms with van der Waals surface area (Å²) in [4.78, 5) is 36.4. The topological polar surface area (TPSA) is 119 Å². The van der Waals surface area contributed by atoms with Crippen LogP contribution < -0.4 is 11.1 Å². The van der Waals surface area contributed by atoms with Gasteiger partial charge in [0.1, 0.15) is 12.1 Å². The van der Waals surface area contributed by atoms with Gasteiger partial charge in [-0.3, -0.25) is 9.59 Å². The van der Waals surface area contributed by atoms with Crippen LogP contribution in [0.4, 0.5) is 0 Å². The first-order valence-corrected chi connectivity index (χ1v) is 22.8. The molecule has 2 atom stereocenters. The number of ether oxygens (including phenoxy) is 1. The molecule has 0 aliphatic carbocycles. The molecule has 2 unspecified atom stereocenters. The molecule has 0 aromatic carbocycles. The lowest BCUT2D eigenvalue weighted by Gasteiger charge is -2.18. The SMILES string of the molecule is CCC/C=C\C/C=C\CCCCCCCC(=O)OC(CCCCC/C=C\CCCCCCCCCC)CCCCCCCC(=O)NC(CCCN)C(=O)O. The summed E-state index contributed by atoms with van der Waals surface area (Å²) in [5.41, 5.74) is 5.49. The van der Waals surface area contributed by atoms with Crippen LogP contribution in [0.2, 0.25) is 0 Å². The summed E-state index contributed by atoms with van der Waals surface area (Å²) >= 11 is 0. The van der Waals surface area contributed by atoms with Gasteiger partial charge in [-0.1, -0.05) is 147 Å². The maximum atomic E-state index is 12.8. The van der Waals surface area contributed by atoms with Crippen LogP contribution in [0.3, 0.4) is 0 Å².